The summed E-state index contributed by atoms with van der Waals surface area (Å²) in [7, 11) is 0. The van der Waals surface area contributed by atoms with Crippen molar-refractivity contribution in [3.63, 3.8) is 0 Å². The number of hydrogen-bond acceptors (Lipinski definition) is 3. The van der Waals surface area contributed by atoms with Crippen LogP contribution in [0.3, 0.4) is 0 Å². The minimum absolute atomic E-state index is 0.208. The highest BCUT2D eigenvalue weighted by Gasteiger charge is 2.02. The highest BCUT2D eigenvalue weighted by atomic mass is 35.5. The summed E-state index contributed by atoms with van der Waals surface area (Å²) in [5.41, 5.74) is 1.11. The normalized spacial score (nSPS) is 10.4. The molecule has 0 aliphatic heterocycles. The molecule has 0 aromatic heterocycles. The number of benzene rings is 1. The SMILES string of the molecule is CC(=O)Nc1cc(Cl)ccc1/C=N/O. The molecule has 0 aliphatic rings. The Labute approximate surface area is 86.2 Å². The van der Waals surface area contributed by atoms with Crippen LogP contribution in [-0.4, -0.2) is 17.3 Å². The Balaban J connectivity index is 3.08. The van der Waals surface area contributed by atoms with Crippen LogP contribution in [0.25, 0.3) is 0 Å². The largest absolute Gasteiger partial charge is 0.411 e. The Morgan fingerprint density at radius 2 is 2.36 bits per heavy atom. The van der Waals surface area contributed by atoms with Crippen LogP contribution in [0, 0.1) is 0 Å². The van der Waals surface area contributed by atoms with E-state index in [1.165, 1.54) is 13.1 Å². The van der Waals surface area contributed by atoms with E-state index in [4.69, 9.17) is 16.8 Å². The molecule has 1 rings (SSSR count). The van der Waals surface area contributed by atoms with Gasteiger partial charge < -0.3 is 10.5 Å². The quantitative estimate of drug-likeness (QED) is 0.448. The van der Waals surface area contributed by atoms with Gasteiger partial charge in [-0.1, -0.05) is 16.8 Å². The Morgan fingerprint density at radius 3 is 2.93 bits per heavy atom. The molecule has 2 N–H and O–H groups in total. The van der Waals surface area contributed by atoms with E-state index in [1.807, 2.05) is 0 Å². The Bertz CT molecular complexity index is 377. The zero-order valence-electron chi connectivity index (χ0n) is 7.49. The van der Waals surface area contributed by atoms with E-state index in [-0.39, 0.29) is 5.91 Å². The maximum atomic E-state index is 10.8. The third-order valence-electron chi connectivity index (χ3n) is 1.52. The number of anilines is 1. The molecule has 0 saturated carbocycles. The van der Waals surface area contributed by atoms with Gasteiger partial charge >= 0.3 is 0 Å². The van der Waals surface area contributed by atoms with E-state index in [0.717, 1.165) is 0 Å². The van der Waals surface area contributed by atoms with Crippen LogP contribution in [-0.2, 0) is 4.79 Å². The molecule has 0 atom stereocenters. The van der Waals surface area contributed by atoms with Crippen molar-refractivity contribution in [1.82, 2.24) is 0 Å². The standard InChI is InChI=1S/C9H9ClN2O2/c1-6(13)12-9-4-8(10)3-2-7(9)5-11-14/h2-5,14H,1H3,(H,12,13)/b11-5+. The number of carbonyl (C=O) groups excluding carboxylic acids is 1. The lowest BCUT2D eigenvalue weighted by Crippen LogP contribution is -2.07. The first-order valence-corrected chi connectivity index (χ1v) is 4.26. The molecule has 0 bridgehead atoms. The minimum atomic E-state index is -0.208. The van der Waals surface area contributed by atoms with E-state index in [1.54, 1.807) is 18.2 Å². The van der Waals surface area contributed by atoms with Crippen molar-refractivity contribution in [3.05, 3.63) is 28.8 Å². The molecule has 4 nitrogen and oxygen atoms in total. The third kappa shape index (κ3) is 2.74. The van der Waals surface area contributed by atoms with Gasteiger partial charge in [0.25, 0.3) is 0 Å². The molecular weight excluding hydrogens is 204 g/mol. The second-order valence-corrected chi connectivity index (χ2v) is 3.09. The fraction of sp³-hybridized carbons (Fsp3) is 0.111. The van der Waals surface area contributed by atoms with Crippen LogP contribution in [0.1, 0.15) is 12.5 Å². The number of halogens is 1. The summed E-state index contributed by atoms with van der Waals surface area (Å²) >= 11 is 5.74. The van der Waals surface area contributed by atoms with Crippen molar-refractivity contribution in [3.8, 4) is 0 Å². The van der Waals surface area contributed by atoms with Crippen LogP contribution in [0.2, 0.25) is 5.02 Å². The first kappa shape index (κ1) is 10.5. The van der Waals surface area contributed by atoms with E-state index in [9.17, 15) is 4.79 Å². The number of nitrogens with one attached hydrogen (secondary N) is 1. The van der Waals surface area contributed by atoms with Gasteiger partial charge in [-0.2, -0.15) is 0 Å². The molecule has 1 aromatic carbocycles. The molecule has 1 amide bonds. The number of hydrogen-bond donors (Lipinski definition) is 2. The molecule has 0 heterocycles. The molecule has 0 radical (unpaired) electrons. The van der Waals surface area contributed by atoms with Gasteiger partial charge in [-0.05, 0) is 18.2 Å². The first-order chi connectivity index (χ1) is 6.63. The number of amides is 1. The number of nitrogens with zero attached hydrogens (tertiary/aromatic N) is 1. The Hall–Kier alpha value is -1.55. The number of carbonyl (C=O) groups is 1. The van der Waals surface area contributed by atoms with E-state index in [2.05, 4.69) is 10.5 Å². The van der Waals surface area contributed by atoms with Crippen molar-refractivity contribution in [1.29, 1.82) is 0 Å². The third-order valence-corrected chi connectivity index (χ3v) is 1.76. The molecule has 0 spiro atoms. The predicted octanol–water partition coefficient (Wildman–Crippen LogP) is 2.11. The monoisotopic (exact) mass is 212 g/mol. The zero-order valence-corrected chi connectivity index (χ0v) is 8.25. The minimum Gasteiger partial charge on any atom is -0.411 e. The highest BCUT2D eigenvalue weighted by molar-refractivity contribution is 6.31. The van der Waals surface area contributed by atoms with Crippen LogP contribution >= 0.6 is 11.6 Å². The van der Waals surface area contributed by atoms with Crippen molar-refractivity contribution in [2.45, 2.75) is 6.92 Å². The first-order valence-electron chi connectivity index (χ1n) is 3.88. The Morgan fingerprint density at radius 1 is 1.64 bits per heavy atom. The average Bonchev–Trinajstić information content (AvgIpc) is 2.09. The maximum Gasteiger partial charge on any atom is 0.221 e. The second-order valence-electron chi connectivity index (χ2n) is 2.66. The molecular formula is C9H9ClN2O2. The summed E-state index contributed by atoms with van der Waals surface area (Å²) in [4.78, 5) is 10.8. The average molecular weight is 213 g/mol. The van der Waals surface area contributed by atoms with Crippen molar-refractivity contribution < 1.29 is 10.0 Å². The van der Waals surface area contributed by atoms with E-state index < -0.39 is 0 Å². The molecule has 74 valence electrons. The van der Waals surface area contributed by atoms with Gasteiger partial charge in [0.1, 0.15) is 0 Å². The summed E-state index contributed by atoms with van der Waals surface area (Å²) in [6, 6.07) is 4.87. The second kappa shape index (κ2) is 4.62. The van der Waals surface area contributed by atoms with Gasteiger partial charge in [-0.25, -0.2) is 0 Å². The van der Waals surface area contributed by atoms with Crippen molar-refractivity contribution in [2.75, 3.05) is 5.32 Å². The van der Waals surface area contributed by atoms with Crippen molar-refractivity contribution in [2.24, 2.45) is 5.16 Å². The molecule has 0 fully saturated rings. The smallest absolute Gasteiger partial charge is 0.221 e. The lowest BCUT2D eigenvalue weighted by molar-refractivity contribution is -0.114. The summed E-state index contributed by atoms with van der Waals surface area (Å²) in [5.74, 6) is -0.208. The lowest BCUT2D eigenvalue weighted by atomic mass is 10.2. The molecule has 14 heavy (non-hydrogen) atoms. The van der Waals surface area contributed by atoms with Gasteiger partial charge in [-0.3, -0.25) is 4.79 Å². The van der Waals surface area contributed by atoms with Crippen LogP contribution in [0.5, 0.6) is 0 Å². The lowest BCUT2D eigenvalue weighted by Gasteiger charge is -2.05. The fourth-order valence-corrected chi connectivity index (χ4v) is 1.17. The summed E-state index contributed by atoms with van der Waals surface area (Å²) in [6.07, 6.45) is 1.22. The molecule has 0 aliphatic carbocycles. The zero-order chi connectivity index (χ0) is 10.6. The fourth-order valence-electron chi connectivity index (χ4n) is 1.00. The number of rotatable bonds is 2. The maximum absolute atomic E-state index is 10.8. The van der Waals surface area contributed by atoms with Gasteiger partial charge in [0.05, 0.1) is 11.9 Å². The van der Waals surface area contributed by atoms with Gasteiger partial charge in [0, 0.05) is 17.5 Å². The van der Waals surface area contributed by atoms with Crippen LogP contribution in [0.15, 0.2) is 23.4 Å². The predicted molar refractivity (Wildman–Crippen MR) is 55.1 cm³/mol. The van der Waals surface area contributed by atoms with Crippen LogP contribution in [0.4, 0.5) is 5.69 Å². The Kier molecular flexibility index (Phi) is 3.48. The van der Waals surface area contributed by atoms with E-state index >= 15 is 0 Å². The molecule has 5 heteroatoms. The van der Waals surface area contributed by atoms with Gasteiger partial charge in [0.15, 0.2) is 0 Å². The number of oxime groups is 1. The highest BCUT2D eigenvalue weighted by Crippen LogP contribution is 2.19. The van der Waals surface area contributed by atoms with Crippen LogP contribution < -0.4 is 5.32 Å². The molecule has 0 saturated heterocycles. The van der Waals surface area contributed by atoms with Gasteiger partial charge in [0.2, 0.25) is 5.91 Å². The van der Waals surface area contributed by atoms with Gasteiger partial charge in [-0.15, -0.1) is 0 Å². The molecule has 1 aromatic rings. The topological polar surface area (TPSA) is 61.7 Å². The van der Waals surface area contributed by atoms with E-state index in [0.29, 0.717) is 16.3 Å². The van der Waals surface area contributed by atoms with Crippen molar-refractivity contribution >= 4 is 29.4 Å². The summed E-state index contributed by atoms with van der Waals surface area (Å²) in [5, 5.41) is 14.3. The summed E-state index contributed by atoms with van der Waals surface area (Å²) in [6.45, 7) is 1.39. The summed E-state index contributed by atoms with van der Waals surface area (Å²) < 4.78 is 0. The molecule has 0 unspecified atom stereocenters.